The Labute approximate surface area is 336 Å². The van der Waals surface area contributed by atoms with Crippen LogP contribution in [0.2, 0.25) is 0 Å². The van der Waals surface area contributed by atoms with Gasteiger partial charge in [-0.1, -0.05) is 51.3 Å². The number of nitrogens with one attached hydrogen (secondary N) is 1. The maximum absolute atomic E-state index is 14.8. The maximum atomic E-state index is 14.8. The number of benzene rings is 1. The van der Waals surface area contributed by atoms with Gasteiger partial charge in [-0.2, -0.15) is 13.2 Å². The molecule has 2 aliphatic heterocycles. The Morgan fingerprint density at radius 3 is 2.34 bits per heavy atom. The molecule has 2 amide bonds. The molecule has 17 heteroatoms. The molecule has 6 rings (SSSR count). The standard InChI is InChI=1S/C41H53F4N3O9S/c1-24-10-6-7-11-26-19-40(26,37(52)47-58(53,54)39(23-42)14-15-39)20-32(49)31-17-27(56-35-29-13-9-8-12-28(29)33(55-5)21-46-35)22-48(31)36(51)30(25(2)16-24)18-34(50)57-38(3,4)41(43,44)45/h8-9,12-13,21,24-27,30-31H,6-7,10-11,14-20,22-23H2,1-5H3,(H,47,52)/t24-,25+,26+,27+,30-,31-,40+/m0/s1. The minimum atomic E-state index is -4.88. The number of carbonyl (C=O) groups is 4. The molecular weight excluding hydrogens is 787 g/mol. The second-order valence-electron chi connectivity index (χ2n) is 17.5. The number of halogens is 4. The number of sulfonamides is 1. The first-order valence-electron chi connectivity index (χ1n) is 20.0. The van der Waals surface area contributed by atoms with Crippen LogP contribution in [-0.2, 0) is 33.9 Å². The smallest absolute Gasteiger partial charge is 0.427 e. The third kappa shape index (κ3) is 8.65. The van der Waals surface area contributed by atoms with Crippen molar-refractivity contribution >= 4 is 44.4 Å². The predicted octanol–water partition coefficient (Wildman–Crippen LogP) is 6.63. The first kappa shape index (κ1) is 43.6. The Hall–Kier alpha value is -4.02. The van der Waals surface area contributed by atoms with Crippen LogP contribution in [0.25, 0.3) is 10.8 Å². The zero-order valence-electron chi connectivity index (χ0n) is 33.5. The van der Waals surface area contributed by atoms with Crippen molar-refractivity contribution in [3.8, 4) is 11.6 Å². The molecule has 320 valence electrons. The van der Waals surface area contributed by atoms with Gasteiger partial charge in [0.2, 0.25) is 33.3 Å². The Morgan fingerprint density at radius 2 is 1.71 bits per heavy atom. The molecule has 4 aliphatic rings. The van der Waals surface area contributed by atoms with E-state index in [1.165, 1.54) is 18.2 Å². The Bertz CT molecular complexity index is 2020. The van der Waals surface area contributed by atoms with E-state index in [1.54, 1.807) is 19.1 Å². The van der Waals surface area contributed by atoms with Gasteiger partial charge in [0.05, 0.1) is 43.6 Å². The summed E-state index contributed by atoms with van der Waals surface area (Å²) >= 11 is 0. The van der Waals surface area contributed by atoms with Crippen LogP contribution < -0.4 is 14.2 Å². The number of methoxy groups -OCH3 is 1. The van der Waals surface area contributed by atoms with Crippen LogP contribution in [-0.4, -0.2) is 90.9 Å². The highest BCUT2D eigenvalue weighted by Crippen LogP contribution is 2.59. The van der Waals surface area contributed by atoms with E-state index >= 15 is 0 Å². The van der Waals surface area contributed by atoms with Gasteiger partial charge < -0.3 is 19.1 Å². The fourth-order valence-electron chi connectivity index (χ4n) is 8.80. The van der Waals surface area contributed by atoms with Gasteiger partial charge in [-0.25, -0.2) is 17.8 Å². The zero-order chi connectivity index (χ0) is 42.4. The third-order valence-corrected chi connectivity index (χ3v) is 15.0. The zero-order valence-corrected chi connectivity index (χ0v) is 34.3. The number of hydrogen-bond donors (Lipinski definition) is 1. The number of aromatic nitrogens is 1. The molecule has 2 saturated heterocycles. The summed E-state index contributed by atoms with van der Waals surface area (Å²) in [5.74, 6) is -4.59. The van der Waals surface area contributed by atoms with Crippen molar-refractivity contribution in [3.63, 3.8) is 0 Å². The number of nitrogens with zero attached hydrogens (tertiary/aromatic N) is 2. The summed E-state index contributed by atoms with van der Waals surface area (Å²) in [5, 5.41) is 1.29. The van der Waals surface area contributed by atoms with E-state index in [4.69, 9.17) is 14.2 Å². The van der Waals surface area contributed by atoms with E-state index in [1.807, 2.05) is 19.1 Å². The van der Waals surface area contributed by atoms with Crippen molar-refractivity contribution in [1.29, 1.82) is 0 Å². The van der Waals surface area contributed by atoms with Gasteiger partial charge in [0.25, 0.3) is 0 Å². The van der Waals surface area contributed by atoms with Crippen LogP contribution >= 0.6 is 0 Å². The number of Topliss-reactive ketones (excluding diaryl/α,β-unsaturated/α-hetero) is 1. The highest BCUT2D eigenvalue weighted by atomic mass is 32.2. The van der Waals surface area contributed by atoms with Crippen molar-refractivity contribution in [2.75, 3.05) is 20.3 Å². The lowest BCUT2D eigenvalue weighted by atomic mass is 9.81. The lowest BCUT2D eigenvalue weighted by Crippen LogP contribution is -2.49. The summed E-state index contributed by atoms with van der Waals surface area (Å²) in [7, 11) is -2.89. The van der Waals surface area contributed by atoms with Gasteiger partial charge in [0.15, 0.2) is 5.78 Å². The van der Waals surface area contributed by atoms with Crippen molar-refractivity contribution in [2.24, 2.45) is 29.1 Å². The lowest BCUT2D eigenvalue weighted by molar-refractivity contribution is -0.257. The third-order valence-electron chi connectivity index (χ3n) is 12.9. The van der Waals surface area contributed by atoms with E-state index in [9.17, 15) is 45.2 Å². The Balaban J connectivity index is 1.35. The number of alkyl halides is 4. The molecule has 1 N–H and O–H groups in total. The van der Waals surface area contributed by atoms with E-state index in [2.05, 4.69) is 9.71 Å². The fraction of sp³-hybridized carbons (Fsp3) is 0.683. The second kappa shape index (κ2) is 16.2. The van der Waals surface area contributed by atoms with Gasteiger partial charge in [-0.15, -0.1) is 0 Å². The minimum absolute atomic E-state index is 0.0346. The van der Waals surface area contributed by atoms with Crippen molar-refractivity contribution in [1.82, 2.24) is 14.6 Å². The molecule has 2 aromatic rings. The van der Waals surface area contributed by atoms with Gasteiger partial charge in [0, 0.05) is 23.6 Å². The second-order valence-corrected chi connectivity index (χ2v) is 19.6. The molecule has 0 spiro atoms. The van der Waals surface area contributed by atoms with Crippen LogP contribution in [0.15, 0.2) is 30.5 Å². The molecule has 0 radical (unpaired) electrons. The summed E-state index contributed by atoms with van der Waals surface area (Å²) in [6.45, 7) is 3.89. The lowest BCUT2D eigenvalue weighted by Gasteiger charge is -2.33. The summed E-state index contributed by atoms with van der Waals surface area (Å²) in [4.78, 5) is 62.4. The fourth-order valence-corrected chi connectivity index (χ4v) is 10.3. The topological polar surface area (TPSA) is 158 Å². The summed E-state index contributed by atoms with van der Waals surface area (Å²) in [6.07, 6.45) is -1.92. The average molecular weight is 840 g/mol. The monoisotopic (exact) mass is 839 g/mol. The number of esters is 1. The highest BCUT2D eigenvalue weighted by molar-refractivity contribution is 7.91. The highest BCUT2D eigenvalue weighted by Gasteiger charge is 2.64. The van der Waals surface area contributed by atoms with E-state index in [0.29, 0.717) is 42.2 Å². The van der Waals surface area contributed by atoms with Gasteiger partial charge in [0.1, 0.15) is 23.3 Å². The summed E-state index contributed by atoms with van der Waals surface area (Å²) < 4.78 is 98.8. The molecule has 58 heavy (non-hydrogen) atoms. The normalized spacial score (nSPS) is 29.4. The molecule has 0 bridgehead atoms. The maximum Gasteiger partial charge on any atom is 0.427 e. The number of pyridine rings is 1. The van der Waals surface area contributed by atoms with Crippen LogP contribution in [0.3, 0.4) is 0 Å². The first-order valence-corrected chi connectivity index (χ1v) is 21.5. The average Bonchev–Trinajstić information content (AvgIpc) is 4.06. The van der Waals surface area contributed by atoms with Crippen LogP contribution in [0.5, 0.6) is 11.6 Å². The van der Waals surface area contributed by atoms with Crippen LogP contribution in [0.1, 0.15) is 98.3 Å². The quantitative estimate of drug-likeness (QED) is 0.203. The van der Waals surface area contributed by atoms with Gasteiger partial charge in [-0.05, 0) is 69.8 Å². The molecule has 2 saturated carbocycles. The molecule has 7 atom stereocenters. The number of hydrogen-bond acceptors (Lipinski definition) is 10. The van der Waals surface area contributed by atoms with Crippen molar-refractivity contribution in [2.45, 2.75) is 127 Å². The Kier molecular flexibility index (Phi) is 12.2. The number of fused-ring (bicyclic) bond motifs is 3. The number of ether oxygens (including phenoxy) is 3. The minimum Gasteiger partial charge on any atom is -0.494 e. The van der Waals surface area contributed by atoms with Gasteiger partial charge in [-0.3, -0.25) is 23.9 Å². The molecule has 1 aromatic carbocycles. The van der Waals surface area contributed by atoms with E-state index in [-0.39, 0.29) is 49.9 Å². The molecule has 12 nitrogen and oxygen atoms in total. The number of rotatable bonds is 10. The van der Waals surface area contributed by atoms with E-state index in [0.717, 1.165) is 20.3 Å². The molecular formula is C41H53F4N3O9S. The molecule has 3 heterocycles. The molecule has 2 aliphatic carbocycles. The summed E-state index contributed by atoms with van der Waals surface area (Å²) in [5.41, 5.74) is -4.24. The van der Waals surface area contributed by atoms with Crippen molar-refractivity contribution < 1.29 is 59.4 Å². The van der Waals surface area contributed by atoms with Gasteiger partial charge >= 0.3 is 12.1 Å². The SMILES string of the molecule is COc1cnc(O[C@@H]2C[C@H]3C(=O)C[C@]4(C(=O)NS(=O)(=O)C5(CF)CC5)C[C@H]4CCCC[C@H](C)C[C@@H](C)[C@H](CC(=O)OC(C)(C)C(F)(F)F)C(=O)N3C2)c2ccccc12. The van der Waals surface area contributed by atoms with Crippen LogP contribution in [0, 0.1) is 29.1 Å². The number of ketones is 1. The number of amides is 2. The van der Waals surface area contributed by atoms with E-state index < -0.39 is 99.0 Å². The molecule has 1 aromatic heterocycles. The Morgan fingerprint density at radius 1 is 1.03 bits per heavy atom. The number of carbonyl (C=O) groups excluding carboxylic acids is 4. The summed E-state index contributed by atoms with van der Waals surface area (Å²) in [6, 6.07) is 5.98. The van der Waals surface area contributed by atoms with Crippen LogP contribution in [0.4, 0.5) is 17.6 Å². The largest absolute Gasteiger partial charge is 0.494 e. The molecule has 0 unspecified atom stereocenters. The van der Waals surface area contributed by atoms with Crippen molar-refractivity contribution in [3.05, 3.63) is 30.5 Å². The first-order chi connectivity index (χ1) is 27.2. The molecule has 4 fully saturated rings. The predicted molar refractivity (Wildman–Crippen MR) is 204 cm³/mol.